The maximum absolute atomic E-state index is 13.8. The van der Waals surface area contributed by atoms with Gasteiger partial charge in [-0.1, -0.05) is 53.9 Å². The number of carbonyl (C=O) groups is 1. The molecule has 2 aromatic carbocycles. The van der Waals surface area contributed by atoms with Crippen LogP contribution in [0.4, 0.5) is 0 Å². The van der Waals surface area contributed by atoms with Gasteiger partial charge in [0, 0.05) is 41.1 Å². The minimum Gasteiger partial charge on any atom is -0.489 e. The highest BCUT2D eigenvalue weighted by atomic mass is 35.5. The van der Waals surface area contributed by atoms with Gasteiger partial charge in [-0.3, -0.25) is 9.69 Å². The maximum atomic E-state index is 13.8. The second-order valence-corrected chi connectivity index (χ2v) is 12.0. The summed E-state index contributed by atoms with van der Waals surface area (Å²) in [6.07, 6.45) is 8.73. The summed E-state index contributed by atoms with van der Waals surface area (Å²) >= 11 is 19.0. The van der Waals surface area contributed by atoms with Crippen LogP contribution < -0.4 is 4.74 Å². The molecule has 1 aromatic heterocycles. The normalized spacial score (nSPS) is 18.1. The van der Waals surface area contributed by atoms with Crippen LogP contribution in [0, 0.1) is 0 Å². The van der Waals surface area contributed by atoms with E-state index in [1.165, 1.54) is 24.7 Å². The molecule has 2 saturated heterocycles. The average molecular weight is 605 g/mol. The summed E-state index contributed by atoms with van der Waals surface area (Å²) in [6, 6.07) is 10.8. The molecule has 1 amide bonds. The van der Waals surface area contributed by atoms with Gasteiger partial charge < -0.3 is 9.64 Å². The standard InChI is InChI=1S/C30H36Cl3N5O2/c1-2-25(18-36-11-3-4-12-36)40-29-17-24(32)7-8-26(29)21-9-13-37(14-10-21)30(39)28(38-20-34-19-35-38)15-22-5-6-23(31)16-27(22)33/h5-8,16-17,19-21,25,28H,2-4,9-15,18H2,1H3/t25-,28?/m0/s1. The summed E-state index contributed by atoms with van der Waals surface area (Å²) in [5, 5.41) is 6.06. The molecule has 10 heteroatoms. The molecule has 2 aliphatic heterocycles. The number of hydrogen-bond donors (Lipinski definition) is 0. The second kappa shape index (κ2) is 13.6. The third-order valence-corrected chi connectivity index (χ3v) is 8.92. The molecule has 3 aromatic rings. The van der Waals surface area contributed by atoms with Gasteiger partial charge in [-0.05, 0) is 86.5 Å². The van der Waals surface area contributed by atoms with Gasteiger partial charge in [0.25, 0.3) is 0 Å². The van der Waals surface area contributed by atoms with Crippen molar-refractivity contribution < 1.29 is 9.53 Å². The Bertz CT molecular complexity index is 1270. The molecule has 0 radical (unpaired) electrons. The number of carbonyl (C=O) groups excluding carboxylic acids is 1. The van der Waals surface area contributed by atoms with Crippen molar-refractivity contribution in [1.29, 1.82) is 0 Å². The minimum absolute atomic E-state index is 0.0132. The van der Waals surface area contributed by atoms with Crippen molar-refractivity contribution in [2.24, 2.45) is 0 Å². The lowest BCUT2D eigenvalue weighted by atomic mass is 9.88. The van der Waals surface area contributed by atoms with Gasteiger partial charge in [-0.25, -0.2) is 9.67 Å². The van der Waals surface area contributed by atoms with E-state index in [9.17, 15) is 4.79 Å². The Morgan fingerprint density at radius 2 is 1.75 bits per heavy atom. The van der Waals surface area contributed by atoms with Crippen LogP contribution in [0.5, 0.6) is 5.75 Å². The fourth-order valence-corrected chi connectivity index (χ4v) is 6.47. The summed E-state index contributed by atoms with van der Waals surface area (Å²) in [7, 11) is 0. The van der Waals surface area contributed by atoms with Gasteiger partial charge in [-0.15, -0.1) is 0 Å². The predicted molar refractivity (Wildman–Crippen MR) is 160 cm³/mol. The molecule has 2 aliphatic rings. The van der Waals surface area contributed by atoms with Crippen molar-refractivity contribution in [3.05, 3.63) is 75.2 Å². The smallest absolute Gasteiger partial charge is 0.247 e. The molecule has 0 aliphatic carbocycles. The van der Waals surface area contributed by atoms with Crippen molar-refractivity contribution in [2.75, 3.05) is 32.7 Å². The number of amides is 1. The van der Waals surface area contributed by atoms with E-state index in [2.05, 4.69) is 28.0 Å². The molecule has 7 nitrogen and oxygen atoms in total. The molecule has 2 atom stereocenters. The topological polar surface area (TPSA) is 63.5 Å². The van der Waals surface area contributed by atoms with Crippen LogP contribution in [0.2, 0.25) is 15.1 Å². The number of ether oxygens (including phenoxy) is 1. The molecule has 0 saturated carbocycles. The van der Waals surface area contributed by atoms with Gasteiger partial charge in [-0.2, -0.15) is 5.10 Å². The highest BCUT2D eigenvalue weighted by Crippen LogP contribution is 2.37. The van der Waals surface area contributed by atoms with Gasteiger partial charge in [0.1, 0.15) is 30.5 Å². The van der Waals surface area contributed by atoms with Crippen LogP contribution in [0.15, 0.2) is 49.1 Å². The molecular weight excluding hydrogens is 569 g/mol. The van der Waals surface area contributed by atoms with Crippen molar-refractivity contribution in [3.8, 4) is 5.75 Å². The molecule has 1 unspecified atom stereocenters. The first-order chi connectivity index (χ1) is 19.4. The van der Waals surface area contributed by atoms with Crippen LogP contribution in [-0.4, -0.2) is 69.3 Å². The van der Waals surface area contributed by atoms with E-state index in [1.807, 2.05) is 23.1 Å². The Kier molecular flexibility index (Phi) is 9.89. The van der Waals surface area contributed by atoms with Gasteiger partial charge in [0.15, 0.2) is 0 Å². The number of aromatic nitrogens is 3. The molecule has 3 heterocycles. The van der Waals surface area contributed by atoms with Crippen molar-refractivity contribution in [2.45, 2.75) is 63.5 Å². The summed E-state index contributed by atoms with van der Waals surface area (Å²) in [6.45, 7) is 6.71. The Hall–Kier alpha value is -2.32. The van der Waals surface area contributed by atoms with Gasteiger partial charge in [0.05, 0.1) is 0 Å². The van der Waals surface area contributed by atoms with E-state index in [-0.39, 0.29) is 17.9 Å². The van der Waals surface area contributed by atoms with E-state index in [4.69, 9.17) is 39.5 Å². The number of piperidine rings is 1. The zero-order valence-electron chi connectivity index (χ0n) is 22.8. The summed E-state index contributed by atoms with van der Waals surface area (Å²) in [5.74, 6) is 1.18. The highest BCUT2D eigenvalue weighted by Gasteiger charge is 2.32. The number of likely N-dealkylation sites (tertiary alicyclic amines) is 2. The van der Waals surface area contributed by atoms with E-state index >= 15 is 0 Å². The zero-order chi connectivity index (χ0) is 28.1. The van der Waals surface area contributed by atoms with E-state index in [0.717, 1.165) is 50.2 Å². The second-order valence-electron chi connectivity index (χ2n) is 10.8. The lowest BCUT2D eigenvalue weighted by molar-refractivity contribution is -0.136. The molecule has 0 spiro atoms. The minimum atomic E-state index is -0.539. The van der Waals surface area contributed by atoms with Crippen LogP contribution >= 0.6 is 34.8 Å². The summed E-state index contributed by atoms with van der Waals surface area (Å²) in [5.41, 5.74) is 2.02. The number of benzene rings is 2. The lowest BCUT2D eigenvalue weighted by Crippen LogP contribution is -2.43. The first kappa shape index (κ1) is 29.2. The van der Waals surface area contributed by atoms with Crippen molar-refractivity contribution in [3.63, 3.8) is 0 Å². The predicted octanol–water partition coefficient (Wildman–Crippen LogP) is 6.68. The van der Waals surface area contributed by atoms with Crippen LogP contribution in [0.3, 0.4) is 0 Å². The first-order valence-electron chi connectivity index (χ1n) is 14.2. The highest BCUT2D eigenvalue weighted by molar-refractivity contribution is 6.35. The SMILES string of the molecule is CC[C@@H](CN1CCCC1)Oc1cc(Cl)ccc1C1CCN(C(=O)C(Cc2ccc(Cl)cc2Cl)n2cncn2)CC1. The Labute approximate surface area is 251 Å². The largest absolute Gasteiger partial charge is 0.489 e. The van der Waals surface area contributed by atoms with Crippen LogP contribution in [0.25, 0.3) is 0 Å². The Morgan fingerprint density at radius 3 is 2.42 bits per heavy atom. The molecule has 214 valence electrons. The Balaban J connectivity index is 1.27. The van der Waals surface area contributed by atoms with Gasteiger partial charge in [0.2, 0.25) is 5.91 Å². The van der Waals surface area contributed by atoms with Crippen LogP contribution in [-0.2, 0) is 11.2 Å². The number of nitrogens with zero attached hydrogens (tertiary/aromatic N) is 5. The fourth-order valence-electron chi connectivity index (χ4n) is 5.82. The zero-order valence-corrected chi connectivity index (χ0v) is 25.1. The van der Waals surface area contributed by atoms with E-state index in [0.29, 0.717) is 34.6 Å². The molecule has 5 rings (SSSR count). The number of hydrogen-bond acceptors (Lipinski definition) is 5. The molecule has 2 fully saturated rings. The quantitative estimate of drug-likeness (QED) is 0.258. The maximum Gasteiger partial charge on any atom is 0.247 e. The monoisotopic (exact) mass is 603 g/mol. The van der Waals surface area contributed by atoms with Gasteiger partial charge >= 0.3 is 0 Å². The summed E-state index contributed by atoms with van der Waals surface area (Å²) in [4.78, 5) is 22.3. The fraction of sp³-hybridized carbons (Fsp3) is 0.500. The molecule has 40 heavy (non-hydrogen) atoms. The van der Waals surface area contributed by atoms with E-state index < -0.39 is 6.04 Å². The van der Waals surface area contributed by atoms with Crippen LogP contribution in [0.1, 0.15) is 62.1 Å². The number of halogens is 3. The van der Waals surface area contributed by atoms with Crippen molar-refractivity contribution >= 4 is 40.7 Å². The summed E-state index contributed by atoms with van der Waals surface area (Å²) < 4.78 is 8.21. The molecule has 0 N–H and O–H groups in total. The lowest BCUT2D eigenvalue weighted by Gasteiger charge is -2.35. The van der Waals surface area contributed by atoms with Crippen molar-refractivity contribution in [1.82, 2.24) is 24.6 Å². The molecule has 0 bridgehead atoms. The third kappa shape index (κ3) is 7.11. The third-order valence-electron chi connectivity index (χ3n) is 8.10. The average Bonchev–Trinajstić information content (AvgIpc) is 3.67. The molecular formula is C30H36Cl3N5O2. The Morgan fingerprint density at radius 1 is 1.02 bits per heavy atom. The van der Waals surface area contributed by atoms with E-state index in [1.54, 1.807) is 23.1 Å². The number of rotatable bonds is 10. The first-order valence-corrected chi connectivity index (χ1v) is 15.3.